The molecular formula is C9H11N9. The monoisotopic (exact) mass is 245 g/mol. The molecule has 7 N–H and O–H groups in total. The summed E-state index contributed by atoms with van der Waals surface area (Å²) in [6, 6.07) is 1.58. The number of hydrogen-bond acceptors (Lipinski definition) is 8. The third kappa shape index (κ3) is 2.58. The molecule has 0 spiro atoms. The van der Waals surface area contributed by atoms with E-state index in [0.29, 0.717) is 22.8 Å². The Labute approximate surface area is 102 Å². The van der Waals surface area contributed by atoms with Gasteiger partial charge in [-0.3, -0.25) is 0 Å². The van der Waals surface area contributed by atoms with Crippen molar-refractivity contribution in [3.8, 4) is 0 Å². The van der Waals surface area contributed by atoms with Crippen molar-refractivity contribution in [3.63, 3.8) is 0 Å². The minimum absolute atomic E-state index is 0.213. The van der Waals surface area contributed by atoms with Gasteiger partial charge < -0.3 is 22.2 Å². The van der Waals surface area contributed by atoms with Crippen LogP contribution >= 0.6 is 0 Å². The zero-order valence-electron chi connectivity index (χ0n) is 9.28. The molecule has 3 heterocycles. The molecule has 3 rings (SSSR count). The van der Waals surface area contributed by atoms with Gasteiger partial charge in [0, 0.05) is 6.20 Å². The van der Waals surface area contributed by atoms with E-state index in [-0.39, 0.29) is 5.95 Å². The highest BCUT2D eigenvalue weighted by Crippen LogP contribution is 2.09. The number of rotatable bonds is 0. The first-order valence-corrected chi connectivity index (χ1v) is 4.90. The van der Waals surface area contributed by atoms with Crippen molar-refractivity contribution in [1.82, 2.24) is 29.9 Å². The van der Waals surface area contributed by atoms with Crippen LogP contribution in [0.4, 0.5) is 17.6 Å². The minimum Gasteiger partial charge on any atom is -0.384 e. The second-order valence-electron chi connectivity index (χ2n) is 3.20. The molecule has 0 radical (unpaired) electrons. The topological polar surface area (TPSA) is 158 Å². The molecule has 0 saturated carbocycles. The van der Waals surface area contributed by atoms with Gasteiger partial charge in [0.2, 0.25) is 5.95 Å². The van der Waals surface area contributed by atoms with Gasteiger partial charge in [0.15, 0.2) is 11.5 Å². The Bertz CT molecular complexity index is 630. The van der Waals surface area contributed by atoms with Gasteiger partial charge in [-0.15, -0.1) is 0 Å². The number of nitrogens with zero attached hydrogens (tertiary/aromatic N) is 5. The molecule has 0 unspecified atom stereocenters. The molecule has 0 aromatic carbocycles. The van der Waals surface area contributed by atoms with E-state index in [4.69, 9.17) is 17.2 Å². The Hall–Kier alpha value is -2.97. The van der Waals surface area contributed by atoms with Gasteiger partial charge in [0.1, 0.15) is 17.7 Å². The van der Waals surface area contributed by atoms with Crippen LogP contribution in [0.2, 0.25) is 0 Å². The molecule has 3 aromatic heterocycles. The number of anilines is 3. The van der Waals surface area contributed by atoms with Crippen molar-refractivity contribution in [3.05, 3.63) is 24.9 Å². The van der Waals surface area contributed by atoms with E-state index >= 15 is 0 Å². The Morgan fingerprint density at radius 1 is 1.00 bits per heavy atom. The van der Waals surface area contributed by atoms with Gasteiger partial charge in [-0.05, 0) is 6.07 Å². The van der Waals surface area contributed by atoms with Crippen LogP contribution in [0.5, 0.6) is 0 Å². The van der Waals surface area contributed by atoms with E-state index in [1.807, 2.05) is 0 Å². The Balaban J connectivity index is 0.000000138. The molecule has 0 atom stereocenters. The lowest BCUT2D eigenvalue weighted by Crippen LogP contribution is -1.96. The van der Waals surface area contributed by atoms with Crippen molar-refractivity contribution in [2.24, 2.45) is 0 Å². The fraction of sp³-hybridized carbons (Fsp3) is 0. The largest absolute Gasteiger partial charge is 0.384 e. The normalized spacial score (nSPS) is 9.78. The van der Waals surface area contributed by atoms with E-state index in [1.165, 1.54) is 18.9 Å². The number of nitrogen functional groups attached to an aromatic ring is 3. The summed E-state index contributed by atoms with van der Waals surface area (Å²) in [5.41, 5.74) is 17.2. The van der Waals surface area contributed by atoms with E-state index < -0.39 is 0 Å². The highest BCUT2D eigenvalue weighted by molar-refractivity contribution is 5.80. The zero-order chi connectivity index (χ0) is 13.0. The lowest BCUT2D eigenvalue weighted by Gasteiger charge is -1.89. The van der Waals surface area contributed by atoms with Crippen LogP contribution in [-0.4, -0.2) is 29.9 Å². The summed E-state index contributed by atoms with van der Waals surface area (Å²) in [5, 5.41) is 0. The number of aromatic amines is 1. The van der Waals surface area contributed by atoms with Crippen LogP contribution in [0.1, 0.15) is 0 Å². The average molecular weight is 245 g/mol. The summed E-state index contributed by atoms with van der Waals surface area (Å²) in [5.74, 6) is 1.05. The Kier molecular flexibility index (Phi) is 3.14. The van der Waals surface area contributed by atoms with Crippen LogP contribution in [-0.2, 0) is 0 Å². The molecule has 3 aromatic rings. The maximum atomic E-state index is 5.48. The molecule has 0 aliphatic carbocycles. The number of fused-ring (bicyclic) bond motifs is 1. The molecule has 0 saturated heterocycles. The standard InChI is InChI=1S/C5H5N5.C4H6N4/c6-4-3-5(9-1-7-3)10-2-8-4;5-3-1-2-7-4(6)8-3/h1-2H,(H3,6,7,8,9,10);1-2H,(H4,5,6,7,8). The van der Waals surface area contributed by atoms with Gasteiger partial charge in [-0.25, -0.2) is 19.9 Å². The first-order valence-electron chi connectivity index (χ1n) is 4.90. The fourth-order valence-corrected chi connectivity index (χ4v) is 1.17. The van der Waals surface area contributed by atoms with Crippen molar-refractivity contribution in [2.45, 2.75) is 0 Å². The van der Waals surface area contributed by atoms with Crippen molar-refractivity contribution in [1.29, 1.82) is 0 Å². The van der Waals surface area contributed by atoms with Crippen molar-refractivity contribution < 1.29 is 0 Å². The third-order valence-electron chi connectivity index (χ3n) is 1.95. The molecule has 0 fully saturated rings. The summed E-state index contributed by atoms with van der Waals surface area (Å²) in [6.45, 7) is 0. The lowest BCUT2D eigenvalue weighted by atomic mass is 10.5. The molecule has 9 heteroatoms. The quantitative estimate of drug-likeness (QED) is 0.415. The molecule has 0 bridgehead atoms. The molecule has 0 aliphatic heterocycles. The first-order chi connectivity index (χ1) is 8.66. The first kappa shape index (κ1) is 11.5. The number of aromatic nitrogens is 6. The summed E-state index contributed by atoms with van der Waals surface area (Å²) in [4.78, 5) is 21.6. The highest BCUT2D eigenvalue weighted by atomic mass is 15.0. The smallest absolute Gasteiger partial charge is 0.221 e. The second kappa shape index (κ2) is 4.91. The lowest BCUT2D eigenvalue weighted by molar-refractivity contribution is 1.19. The number of hydrogen-bond donors (Lipinski definition) is 4. The van der Waals surface area contributed by atoms with Crippen LogP contribution in [0.15, 0.2) is 24.9 Å². The zero-order valence-corrected chi connectivity index (χ0v) is 9.28. The van der Waals surface area contributed by atoms with Crippen LogP contribution in [0, 0.1) is 0 Å². The summed E-state index contributed by atoms with van der Waals surface area (Å²) in [6.07, 6.45) is 4.44. The summed E-state index contributed by atoms with van der Waals surface area (Å²) < 4.78 is 0. The number of H-pyrrole nitrogens is 1. The average Bonchev–Trinajstić information content (AvgIpc) is 2.79. The molecule has 0 aliphatic rings. The SMILES string of the molecule is Nc1ccnc(N)n1.Nc1ncnc2nc[nH]c12. The van der Waals surface area contributed by atoms with Gasteiger partial charge >= 0.3 is 0 Å². The van der Waals surface area contributed by atoms with Gasteiger partial charge in [0.25, 0.3) is 0 Å². The van der Waals surface area contributed by atoms with Gasteiger partial charge in [-0.2, -0.15) is 4.98 Å². The molecule has 0 amide bonds. The molecular weight excluding hydrogens is 234 g/mol. The van der Waals surface area contributed by atoms with Crippen LogP contribution in [0.25, 0.3) is 11.2 Å². The molecule has 18 heavy (non-hydrogen) atoms. The predicted molar refractivity (Wildman–Crippen MR) is 67.0 cm³/mol. The van der Waals surface area contributed by atoms with Gasteiger partial charge in [-0.1, -0.05) is 0 Å². The third-order valence-corrected chi connectivity index (χ3v) is 1.95. The highest BCUT2D eigenvalue weighted by Gasteiger charge is 1.99. The van der Waals surface area contributed by atoms with Crippen molar-refractivity contribution >= 4 is 28.7 Å². The van der Waals surface area contributed by atoms with E-state index in [1.54, 1.807) is 6.07 Å². The predicted octanol–water partition coefficient (Wildman–Crippen LogP) is -0.424. The molecule has 92 valence electrons. The van der Waals surface area contributed by atoms with E-state index in [2.05, 4.69) is 29.9 Å². The minimum atomic E-state index is 0.213. The molecule has 9 nitrogen and oxygen atoms in total. The second-order valence-corrected chi connectivity index (χ2v) is 3.20. The van der Waals surface area contributed by atoms with Crippen LogP contribution < -0.4 is 17.2 Å². The maximum Gasteiger partial charge on any atom is 0.221 e. The Morgan fingerprint density at radius 3 is 2.44 bits per heavy atom. The maximum absolute atomic E-state index is 5.48. The number of nitrogens with one attached hydrogen (secondary N) is 1. The summed E-state index contributed by atoms with van der Waals surface area (Å²) >= 11 is 0. The number of nitrogens with two attached hydrogens (primary N) is 3. The summed E-state index contributed by atoms with van der Waals surface area (Å²) in [7, 11) is 0. The Morgan fingerprint density at radius 2 is 1.83 bits per heavy atom. The number of imidazole rings is 1. The fourth-order valence-electron chi connectivity index (χ4n) is 1.17. The van der Waals surface area contributed by atoms with Crippen LogP contribution in [0.3, 0.4) is 0 Å². The van der Waals surface area contributed by atoms with Crippen molar-refractivity contribution in [2.75, 3.05) is 17.2 Å². The van der Waals surface area contributed by atoms with Gasteiger partial charge in [0.05, 0.1) is 6.33 Å². The van der Waals surface area contributed by atoms with E-state index in [9.17, 15) is 0 Å². The van der Waals surface area contributed by atoms with E-state index in [0.717, 1.165) is 0 Å².